The molecule has 0 bridgehead atoms. The van der Waals surface area contributed by atoms with Gasteiger partial charge in [0.05, 0.1) is 0 Å². The Balaban J connectivity index is 2.36. The summed E-state index contributed by atoms with van der Waals surface area (Å²) in [4.78, 5) is 15.5. The molecule has 88 valence electrons. The van der Waals surface area contributed by atoms with Gasteiger partial charge in [0.1, 0.15) is 0 Å². The molecule has 4 nitrogen and oxygen atoms in total. The van der Waals surface area contributed by atoms with Gasteiger partial charge in [0, 0.05) is 30.9 Å². The Morgan fingerprint density at radius 3 is 2.56 bits per heavy atom. The lowest BCUT2D eigenvalue weighted by atomic mass is 10.0. The maximum Gasteiger partial charge on any atom is 0.222 e. The van der Waals surface area contributed by atoms with Crippen LogP contribution in [0.25, 0.3) is 0 Å². The van der Waals surface area contributed by atoms with E-state index in [-0.39, 0.29) is 11.4 Å². The summed E-state index contributed by atoms with van der Waals surface area (Å²) >= 11 is 0. The van der Waals surface area contributed by atoms with E-state index >= 15 is 0 Å². The Morgan fingerprint density at radius 2 is 2.00 bits per heavy atom. The van der Waals surface area contributed by atoms with Crippen LogP contribution in [0.1, 0.15) is 25.8 Å². The van der Waals surface area contributed by atoms with Crippen molar-refractivity contribution in [3.05, 3.63) is 30.1 Å². The van der Waals surface area contributed by atoms with Crippen LogP contribution in [0.2, 0.25) is 0 Å². The van der Waals surface area contributed by atoms with E-state index in [0.717, 1.165) is 5.56 Å². The zero-order valence-corrected chi connectivity index (χ0v) is 10.1. The average molecular weight is 221 g/mol. The minimum absolute atomic E-state index is 0.0520. The van der Waals surface area contributed by atoms with Crippen LogP contribution in [0.3, 0.4) is 0 Å². The van der Waals surface area contributed by atoms with Crippen molar-refractivity contribution in [3.63, 3.8) is 0 Å². The molecule has 1 amide bonds. The highest BCUT2D eigenvalue weighted by molar-refractivity contribution is 5.77. The first-order valence-electron chi connectivity index (χ1n) is 5.38. The lowest BCUT2D eigenvalue weighted by Crippen LogP contribution is -2.41. The predicted octanol–water partition coefficient (Wildman–Crippen LogP) is 1.09. The monoisotopic (exact) mass is 221 g/mol. The van der Waals surface area contributed by atoms with Gasteiger partial charge in [0.25, 0.3) is 0 Å². The normalized spacial score (nSPS) is 11.2. The van der Waals surface area contributed by atoms with Crippen LogP contribution in [-0.2, 0) is 11.3 Å². The zero-order valence-electron chi connectivity index (χ0n) is 10.1. The highest BCUT2D eigenvalue weighted by Crippen LogP contribution is 2.06. The fraction of sp³-hybridized carbons (Fsp3) is 0.500. The van der Waals surface area contributed by atoms with Crippen LogP contribution in [-0.4, -0.2) is 23.5 Å². The molecule has 0 radical (unpaired) electrons. The van der Waals surface area contributed by atoms with Crippen LogP contribution < -0.4 is 10.6 Å². The molecular weight excluding hydrogens is 202 g/mol. The summed E-state index contributed by atoms with van der Waals surface area (Å²) in [6, 6.07) is 3.78. The van der Waals surface area contributed by atoms with E-state index in [9.17, 15) is 4.79 Å². The molecule has 0 spiro atoms. The van der Waals surface area contributed by atoms with Crippen molar-refractivity contribution in [2.45, 2.75) is 32.4 Å². The van der Waals surface area contributed by atoms with Crippen LogP contribution in [0.4, 0.5) is 0 Å². The Bertz CT molecular complexity index is 335. The molecule has 0 aliphatic heterocycles. The van der Waals surface area contributed by atoms with E-state index in [2.05, 4.69) is 15.6 Å². The largest absolute Gasteiger partial charge is 0.352 e. The topological polar surface area (TPSA) is 54.0 Å². The van der Waals surface area contributed by atoms with E-state index in [1.54, 1.807) is 12.4 Å². The quantitative estimate of drug-likeness (QED) is 0.782. The molecular formula is C12H19N3O. The van der Waals surface area contributed by atoms with E-state index in [4.69, 9.17) is 0 Å². The standard InChI is InChI=1S/C12H19N3O/c1-12(2,13-3)8-11(16)15-9-10-4-6-14-7-5-10/h4-7,13H,8-9H2,1-3H3,(H,15,16). The van der Waals surface area contributed by atoms with Crippen molar-refractivity contribution < 1.29 is 4.79 Å². The van der Waals surface area contributed by atoms with E-state index in [0.29, 0.717) is 13.0 Å². The summed E-state index contributed by atoms with van der Waals surface area (Å²) in [5.41, 5.74) is 0.896. The SMILES string of the molecule is CNC(C)(C)CC(=O)NCc1ccncc1. The highest BCUT2D eigenvalue weighted by Gasteiger charge is 2.18. The Hall–Kier alpha value is -1.42. The number of amides is 1. The summed E-state index contributed by atoms with van der Waals surface area (Å²) in [6.07, 6.45) is 3.91. The number of nitrogens with zero attached hydrogens (tertiary/aromatic N) is 1. The van der Waals surface area contributed by atoms with Crippen molar-refractivity contribution in [2.24, 2.45) is 0 Å². The van der Waals surface area contributed by atoms with Gasteiger partial charge in [-0.3, -0.25) is 9.78 Å². The van der Waals surface area contributed by atoms with Gasteiger partial charge in [-0.05, 0) is 38.6 Å². The van der Waals surface area contributed by atoms with Crippen LogP contribution >= 0.6 is 0 Å². The van der Waals surface area contributed by atoms with Crippen molar-refractivity contribution >= 4 is 5.91 Å². The Morgan fingerprint density at radius 1 is 1.38 bits per heavy atom. The molecule has 0 saturated carbocycles. The van der Waals surface area contributed by atoms with Gasteiger partial charge >= 0.3 is 0 Å². The maximum atomic E-state index is 11.6. The minimum atomic E-state index is -0.164. The molecule has 0 aromatic carbocycles. The first kappa shape index (κ1) is 12.6. The van der Waals surface area contributed by atoms with Gasteiger partial charge < -0.3 is 10.6 Å². The number of nitrogens with one attached hydrogen (secondary N) is 2. The molecule has 0 atom stereocenters. The maximum absolute atomic E-state index is 11.6. The number of carbonyl (C=O) groups excluding carboxylic acids is 1. The van der Waals surface area contributed by atoms with E-state index in [1.807, 2.05) is 33.0 Å². The second kappa shape index (κ2) is 5.61. The molecule has 2 N–H and O–H groups in total. The van der Waals surface area contributed by atoms with Crippen LogP contribution in [0.5, 0.6) is 0 Å². The molecule has 16 heavy (non-hydrogen) atoms. The molecule has 1 heterocycles. The molecule has 4 heteroatoms. The third-order valence-corrected chi connectivity index (χ3v) is 2.52. The first-order valence-corrected chi connectivity index (χ1v) is 5.38. The molecule has 1 aromatic rings. The number of hydrogen-bond acceptors (Lipinski definition) is 3. The summed E-state index contributed by atoms with van der Waals surface area (Å²) in [5.74, 6) is 0.0520. The minimum Gasteiger partial charge on any atom is -0.352 e. The smallest absolute Gasteiger partial charge is 0.222 e. The summed E-state index contributed by atoms with van der Waals surface area (Å²) < 4.78 is 0. The van der Waals surface area contributed by atoms with Crippen molar-refractivity contribution in [2.75, 3.05) is 7.05 Å². The second-order valence-corrected chi connectivity index (χ2v) is 4.44. The van der Waals surface area contributed by atoms with E-state index in [1.165, 1.54) is 0 Å². The van der Waals surface area contributed by atoms with Crippen LogP contribution in [0, 0.1) is 0 Å². The molecule has 1 aromatic heterocycles. The van der Waals surface area contributed by atoms with Gasteiger partial charge in [0.15, 0.2) is 0 Å². The molecule has 0 unspecified atom stereocenters. The molecule has 0 fully saturated rings. The average Bonchev–Trinajstić information content (AvgIpc) is 2.27. The number of carbonyl (C=O) groups is 1. The van der Waals surface area contributed by atoms with Crippen molar-refractivity contribution in [3.8, 4) is 0 Å². The summed E-state index contributed by atoms with van der Waals surface area (Å²) in [7, 11) is 1.86. The third-order valence-electron chi connectivity index (χ3n) is 2.52. The van der Waals surface area contributed by atoms with Gasteiger partial charge in [-0.25, -0.2) is 0 Å². The molecule has 0 saturated heterocycles. The Labute approximate surface area is 96.5 Å². The number of rotatable bonds is 5. The van der Waals surface area contributed by atoms with E-state index < -0.39 is 0 Å². The fourth-order valence-corrected chi connectivity index (χ4v) is 1.25. The lowest BCUT2D eigenvalue weighted by molar-refractivity contribution is -0.122. The number of hydrogen-bond donors (Lipinski definition) is 2. The van der Waals surface area contributed by atoms with Crippen molar-refractivity contribution in [1.82, 2.24) is 15.6 Å². The number of aromatic nitrogens is 1. The number of pyridine rings is 1. The van der Waals surface area contributed by atoms with Gasteiger partial charge in [0.2, 0.25) is 5.91 Å². The lowest BCUT2D eigenvalue weighted by Gasteiger charge is -2.23. The van der Waals surface area contributed by atoms with Gasteiger partial charge in [-0.2, -0.15) is 0 Å². The van der Waals surface area contributed by atoms with Gasteiger partial charge in [-0.1, -0.05) is 0 Å². The predicted molar refractivity (Wildman–Crippen MR) is 63.8 cm³/mol. The van der Waals surface area contributed by atoms with Gasteiger partial charge in [-0.15, -0.1) is 0 Å². The molecule has 1 rings (SSSR count). The molecule has 0 aliphatic carbocycles. The summed E-state index contributed by atoms with van der Waals surface area (Å²) in [5, 5.41) is 5.98. The molecule has 0 aliphatic rings. The first-order chi connectivity index (χ1) is 7.53. The zero-order chi connectivity index (χ0) is 12.0. The second-order valence-electron chi connectivity index (χ2n) is 4.44. The fourth-order valence-electron chi connectivity index (χ4n) is 1.25. The summed E-state index contributed by atoms with van der Waals surface area (Å²) in [6.45, 7) is 4.55. The van der Waals surface area contributed by atoms with Crippen LogP contribution in [0.15, 0.2) is 24.5 Å². The van der Waals surface area contributed by atoms with Crippen molar-refractivity contribution in [1.29, 1.82) is 0 Å². The third kappa shape index (κ3) is 4.40. The highest BCUT2D eigenvalue weighted by atomic mass is 16.1. The Kier molecular flexibility index (Phi) is 4.43.